The average molecular weight is 402 g/mol. The van der Waals surface area contributed by atoms with Gasteiger partial charge in [0.25, 0.3) is 0 Å². The lowest BCUT2D eigenvalue weighted by Crippen LogP contribution is -2.21. The van der Waals surface area contributed by atoms with Crippen molar-refractivity contribution in [3.63, 3.8) is 0 Å². The smallest absolute Gasteiger partial charge is 0.219 e. The Balaban J connectivity index is 1.26. The predicted octanol–water partition coefficient (Wildman–Crippen LogP) is 5.68. The Morgan fingerprint density at radius 1 is 0.933 bits per heavy atom. The minimum Gasteiger partial charge on any atom is -0.493 e. The van der Waals surface area contributed by atoms with E-state index in [0.29, 0.717) is 5.88 Å². The number of nitrogens with zero attached hydrogens (tertiary/aromatic N) is 2. The molecule has 1 saturated heterocycles. The maximum atomic E-state index is 6.03. The molecule has 0 aliphatic carbocycles. The highest BCUT2D eigenvalue weighted by molar-refractivity contribution is 5.82. The van der Waals surface area contributed by atoms with Gasteiger partial charge in [-0.2, -0.15) is 0 Å². The van der Waals surface area contributed by atoms with Crippen molar-refractivity contribution < 1.29 is 9.47 Å². The van der Waals surface area contributed by atoms with Crippen molar-refractivity contribution >= 4 is 21.8 Å². The van der Waals surface area contributed by atoms with Crippen LogP contribution in [0.25, 0.3) is 21.8 Å². The number of ether oxygens (including phenoxy) is 2. The van der Waals surface area contributed by atoms with E-state index in [4.69, 9.17) is 9.47 Å². The monoisotopic (exact) mass is 401 g/mol. The summed E-state index contributed by atoms with van der Waals surface area (Å²) in [5.41, 5.74) is 3.12. The van der Waals surface area contributed by atoms with Crippen LogP contribution in [-0.2, 0) is 0 Å². The summed E-state index contributed by atoms with van der Waals surface area (Å²) in [5.74, 6) is 2.22. The van der Waals surface area contributed by atoms with Gasteiger partial charge in [0.05, 0.1) is 12.1 Å². The van der Waals surface area contributed by atoms with E-state index < -0.39 is 0 Å². The zero-order chi connectivity index (χ0) is 20.3. The number of rotatable bonds is 7. The molecule has 2 aromatic heterocycles. The lowest BCUT2D eigenvalue weighted by Gasteiger charge is -2.14. The Kier molecular flexibility index (Phi) is 5.28. The number of hydrogen-bond donors (Lipinski definition) is 1. The largest absolute Gasteiger partial charge is 0.493 e. The Bertz CT molecular complexity index is 1160. The molecule has 30 heavy (non-hydrogen) atoms. The third-order valence-electron chi connectivity index (χ3n) is 5.67. The maximum absolute atomic E-state index is 6.03. The van der Waals surface area contributed by atoms with Gasteiger partial charge in [-0.05, 0) is 81.7 Å². The van der Waals surface area contributed by atoms with Crippen LogP contribution in [0, 0.1) is 6.92 Å². The molecule has 0 spiro atoms. The van der Waals surface area contributed by atoms with Crippen LogP contribution in [0.5, 0.6) is 17.4 Å². The van der Waals surface area contributed by atoms with Crippen molar-refractivity contribution in [3.05, 3.63) is 60.3 Å². The molecule has 0 radical (unpaired) electrons. The highest BCUT2D eigenvalue weighted by atomic mass is 16.5. The number of fused-ring (bicyclic) bond motifs is 2. The standard InChI is InChI=1S/C25H27N3O2/c1-18-15-20-16-22(8-9-23(20)26-18)30-25-10-6-19-5-7-21(17-24(19)27-25)29-14-4-13-28-11-2-3-12-28/h5-10,15-17,26H,2-4,11-14H2,1H3. The van der Waals surface area contributed by atoms with E-state index in [-0.39, 0.29) is 0 Å². The Morgan fingerprint density at radius 3 is 2.67 bits per heavy atom. The Labute approximate surface area is 176 Å². The Morgan fingerprint density at radius 2 is 1.77 bits per heavy atom. The number of likely N-dealkylation sites (tertiary alicyclic amines) is 1. The van der Waals surface area contributed by atoms with Gasteiger partial charge in [-0.25, -0.2) is 4.98 Å². The first-order valence-corrected chi connectivity index (χ1v) is 10.8. The SMILES string of the molecule is Cc1cc2cc(Oc3ccc4ccc(OCCCN5CCCC5)cc4n3)ccc2[nH]1. The number of aryl methyl sites for hydroxylation is 1. The lowest BCUT2D eigenvalue weighted by molar-refractivity contribution is 0.263. The van der Waals surface area contributed by atoms with Gasteiger partial charge in [0.15, 0.2) is 0 Å². The third kappa shape index (κ3) is 4.26. The van der Waals surface area contributed by atoms with Crippen LogP contribution in [0.1, 0.15) is 25.0 Å². The fourth-order valence-corrected chi connectivity index (χ4v) is 4.15. The third-order valence-corrected chi connectivity index (χ3v) is 5.67. The highest BCUT2D eigenvalue weighted by Gasteiger charge is 2.10. The van der Waals surface area contributed by atoms with Crippen molar-refractivity contribution in [1.82, 2.24) is 14.9 Å². The first kappa shape index (κ1) is 18.9. The molecule has 5 rings (SSSR count). The van der Waals surface area contributed by atoms with E-state index >= 15 is 0 Å². The summed E-state index contributed by atoms with van der Waals surface area (Å²) in [7, 11) is 0. The van der Waals surface area contributed by atoms with Crippen LogP contribution in [0.2, 0.25) is 0 Å². The van der Waals surface area contributed by atoms with Crippen LogP contribution in [0.4, 0.5) is 0 Å². The molecule has 1 fully saturated rings. The molecule has 154 valence electrons. The molecule has 5 nitrogen and oxygen atoms in total. The van der Waals surface area contributed by atoms with E-state index in [1.165, 1.54) is 25.9 Å². The maximum Gasteiger partial charge on any atom is 0.219 e. The van der Waals surface area contributed by atoms with Gasteiger partial charge in [-0.1, -0.05) is 0 Å². The molecule has 3 heterocycles. The molecular weight excluding hydrogens is 374 g/mol. The van der Waals surface area contributed by atoms with Crippen molar-refractivity contribution in [2.45, 2.75) is 26.2 Å². The summed E-state index contributed by atoms with van der Waals surface area (Å²) in [6, 6.07) is 18.2. The summed E-state index contributed by atoms with van der Waals surface area (Å²) in [5, 5.41) is 2.21. The molecule has 1 aliphatic rings. The second-order valence-electron chi connectivity index (χ2n) is 8.06. The molecule has 0 saturated carbocycles. The first-order chi connectivity index (χ1) is 14.7. The fourth-order valence-electron chi connectivity index (χ4n) is 4.15. The number of nitrogens with one attached hydrogen (secondary N) is 1. The topological polar surface area (TPSA) is 50.4 Å². The van der Waals surface area contributed by atoms with Crippen LogP contribution < -0.4 is 9.47 Å². The summed E-state index contributed by atoms with van der Waals surface area (Å²) in [6.07, 6.45) is 3.72. The van der Waals surface area contributed by atoms with Crippen molar-refractivity contribution in [2.24, 2.45) is 0 Å². The van der Waals surface area contributed by atoms with E-state index in [1.54, 1.807) is 0 Å². The van der Waals surface area contributed by atoms with E-state index in [2.05, 4.69) is 33.9 Å². The van der Waals surface area contributed by atoms with Crippen LogP contribution in [-0.4, -0.2) is 41.1 Å². The zero-order valence-electron chi connectivity index (χ0n) is 17.4. The normalized spacial score (nSPS) is 14.6. The molecular formula is C25H27N3O2. The number of aromatic amines is 1. The molecule has 0 unspecified atom stereocenters. The van der Waals surface area contributed by atoms with Crippen molar-refractivity contribution in [2.75, 3.05) is 26.2 Å². The zero-order valence-corrected chi connectivity index (χ0v) is 17.4. The second kappa shape index (κ2) is 8.36. The van der Waals surface area contributed by atoms with Gasteiger partial charge >= 0.3 is 0 Å². The summed E-state index contributed by atoms with van der Waals surface area (Å²) < 4.78 is 12.0. The predicted molar refractivity (Wildman–Crippen MR) is 121 cm³/mol. The summed E-state index contributed by atoms with van der Waals surface area (Å²) in [6.45, 7) is 6.37. The molecule has 2 aromatic carbocycles. The second-order valence-corrected chi connectivity index (χ2v) is 8.06. The number of pyridine rings is 1. The molecule has 4 aromatic rings. The minimum atomic E-state index is 0.584. The molecule has 0 atom stereocenters. The molecule has 1 aliphatic heterocycles. The summed E-state index contributed by atoms with van der Waals surface area (Å²) in [4.78, 5) is 10.5. The molecule has 0 amide bonds. The Hall–Kier alpha value is -3.05. The van der Waals surface area contributed by atoms with Crippen molar-refractivity contribution in [3.8, 4) is 17.4 Å². The number of benzene rings is 2. The van der Waals surface area contributed by atoms with E-state index in [9.17, 15) is 0 Å². The van der Waals surface area contributed by atoms with Gasteiger partial charge < -0.3 is 19.4 Å². The van der Waals surface area contributed by atoms with Gasteiger partial charge in [-0.15, -0.1) is 0 Å². The van der Waals surface area contributed by atoms with Crippen LogP contribution in [0.15, 0.2) is 54.6 Å². The van der Waals surface area contributed by atoms with Crippen LogP contribution in [0.3, 0.4) is 0 Å². The first-order valence-electron chi connectivity index (χ1n) is 10.8. The van der Waals surface area contributed by atoms with E-state index in [0.717, 1.165) is 58.6 Å². The van der Waals surface area contributed by atoms with Crippen LogP contribution >= 0.6 is 0 Å². The molecule has 5 heteroatoms. The number of aromatic nitrogens is 2. The lowest BCUT2D eigenvalue weighted by atomic mass is 10.2. The number of H-pyrrole nitrogens is 1. The van der Waals surface area contributed by atoms with Gasteiger partial charge in [-0.3, -0.25) is 0 Å². The minimum absolute atomic E-state index is 0.584. The van der Waals surface area contributed by atoms with Gasteiger partial charge in [0.2, 0.25) is 5.88 Å². The van der Waals surface area contributed by atoms with Gasteiger partial charge in [0, 0.05) is 40.7 Å². The van der Waals surface area contributed by atoms with E-state index in [1.807, 2.05) is 42.5 Å². The van der Waals surface area contributed by atoms with Gasteiger partial charge in [0.1, 0.15) is 11.5 Å². The molecule has 0 bridgehead atoms. The molecule has 1 N–H and O–H groups in total. The quantitative estimate of drug-likeness (QED) is 0.405. The highest BCUT2D eigenvalue weighted by Crippen LogP contribution is 2.27. The van der Waals surface area contributed by atoms with Crippen molar-refractivity contribution in [1.29, 1.82) is 0 Å². The summed E-state index contributed by atoms with van der Waals surface area (Å²) >= 11 is 0. The number of hydrogen-bond acceptors (Lipinski definition) is 4. The fraction of sp³-hybridized carbons (Fsp3) is 0.320. The average Bonchev–Trinajstić information content (AvgIpc) is 3.39.